The van der Waals surface area contributed by atoms with Gasteiger partial charge >= 0.3 is 6.09 Å². The van der Waals surface area contributed by atoms with Crippen LogP contribution in [0.3, 0.4) is 0 Å². The molecule has 0 saturated heterocycles. The van der Waals surface area contributed by atoms with Crippen molar-refractivity contribution >= 4 is 43.2 Å². The highest BCUT2D eigenvalue weighted by Crippen LogP contribution is 2.41. The van der Waals surface area contributed by atoms with Crippen LogP contribution in [0.5, 0.6) is 0 Å². The topological polar surface area (TPSA) is 76.6 Å². The minimum Gasteiger partial charge on any atom is -0.444 e. The minimum absolute atomic E-state index is 0.122. The number of carbonyl (C=O) groups is 1. The molecule has 0 aliphatic heterocycles. The standard InChI is InChI=1S/C22H23BrN2O4S2/c1-22(2,3)29-21(26)25(4)14-15-12-18(17-9-5-6-10-19(17)23)20(30-15)31(27,28)16-8-7-11-24-13-16/h5-13H,14H2,1-4H3. The fourth-order valence-corrected chi connectivity index (χ4v) is 6.45. The third-order valence-electron chi connectivity index (χ3n) is 4.20. The number of rotatable bonds is 5. The van der Waals surface area contributed by atoms with Crippen molar-refractivity contribution in [1.29, 1.82) is 0 Å². The molecule has 6 nitrogen and oxygen atoms in total. The molecule has 1 aromatic carbocycles. The maximum absolute atomic E-state index is 13.4. The van der Waals surface area contributed by atoms with Crippen LogP contribution >= 0.6 is 27.3 Å². The molecule has 2 aromatic heterocycles. The number of thiophene rings is 1. The van der Waals surface area contributed by atoms with Crippen LogP contribution in [0.25, 0.3) is 11.1 Å². The molecule has 0 N–H and O–H groups in total. The third-order valence-corrected chi connectivity index (χ3v) is 8.28. The van der Waals surface area contributed by atoms with E-state index in [0.29, 0.717) is 5.56 Å². The molecule has 0 radical (unpaired) electrons. The van der Waals surface area contributed by atoms with Crippen molar-refractivity contribution in [2.75, 3.05) is 7.05 Å². The van der Waals surface area contributed by atoms with Gasteiger partial charge in [0.1, 0.15) is 9.81 Å². The second kappa shape index (κ2) is 9.10. The number of sulfone groups is 1. The Morgan fingerprint density at radius 2 is 1.87 bits per heavy atom. The molecule has 31 heavy (non-hydrogen) atoms. The lowest BCUT2D eigenvalue weighted by Crippen LogP contribution is -2.33. The van der Waals surface area contributed by atoms with Crippen molar-refractivity contribution in [1.82, 2.24) is 9.88 Å². The normalized spacial score (nSPS) is 11.9. The van der Waals surface area contributed by atoms with Gasteiger partial charge in [0.05, 0.1) is 11.4 Å². The highest BCUT2D eigenvalue weighted by atomic mass is 79.9. The first-order chi connectivity index (χ1) is 14.5. The number of ether oxygens (including phenoxy) is 1. The Labute approximate surface area is 194 Å². The number of carbonyl (C=O) groups excluding carboxylic acids is 1. The SMILES string of the molecule is CN(Cc1cc(-c2ccccc2Br)c(S(=O)(=O)c2cccnc2)s1)C(=O)OC(C)(C)C. The summed E-state index contributed by atoms with van der Waals surface area (Å²) in [5.74, 6) is 0. The van der Waals surface area contributed by atoms with E-state index in [-0.39, 0.29) is 15.6 Å². The number of pyridine rings is 1. The Morgan fingerprint density at radius 1 is 1.16 bits per heavy atom. The molecule has 9 heteroatoms. The molecule has 1 amide bonds. The van der Waals surface area contributed by atoms with Crippen LogP contribution in [0, 0.1) is 0 Å². The lowest BCUT2D eigenvalue weighted by atomic mass is 10.1. The van der Waals surface area contributed by atoms with E-state index < -0.39 is 21.5 Å². The van der Waals surface area contributed by atoms with E-state index in [9.17, 15) is 13.2 Å². The molecule has 0 saturated carbocycles. The van der Waals surface area contributed by atoms with Crippen molar-refractivity contribution in [3.63, 3.8) is 0 Å². The highest BCUT2D eigenvalue weighted by Gasteiger charge is 2.28. The van der Waals surface area contributed by atoms with E-state index in [1.165, 1.54) is 23.4 Å². The van der Waals surface area contributed by atoms with E-state index >= 15 is 0 Å². The zero-order chi connectivity index (χ0) is 22.8. The molecule has 164 valence electrons. The van der Waals surface area contributed by atoms with E-state index in [0.717, 1.165) is 26.3 Å². The lowest BCUT2D eigenvalue weighted by molar-refractivity contribution is 0.0286. The molecule has 0 atom stereocenters. The number of amides is 1. The third kappa shape index (κ3) is 5.53. The van der Waals surface area contributed by atoms with Crippen LogP contribution in [0.2, 0.25) is 0 Å². The Kier molecular flexibility index (Phi) is 6.88. The number of benzene rings is 1. The van der Waals surface area contributed by atoms with Crippen LogP contribution in [0.1, 0.15) is 25.6 Å². The summed E-state index contributed by atoms with van der Waals surface area (Å²) in [5, 5.41) is 0. The summed E-state index contributed by atoms with van der Waals surface area (Å²) in [5.41, 5.74) is 0.719. The van der Waals surface area contributed by atoms with Crippen LogP contribution in [0.4, 0.5) is 4.79 Å². The quantitative estimate of drug-likeness (QED) is 0.424. The first-order valence-corrected chi connectivity index (χ1v) is 12.5. The predicted molar refractivity (Wildman–Crippen MR) is 125 cm³/mol. The van der Waals surface area contributed by atoms with Gasteiger partial charge in [0.25, 0.3) is 0 Å². The smallest absolute Gasteiger partial charge is 0.410 e. The molecule has 0 aliphatic rings. The van der Waals surface area contributed by atoms with Crippen LogP contribution in [-0.2, 0) is 21.1 Å². The van der Waals surface area contributed by atoms with Gasteiger partial charge in [-0.25, -0.2) is 13.2 Å². The number of aromatic nitrogens is 1. The van der Waals surface area contributed by atoms with Crippen molar-refractivity contribution in [2.24, 2.45) is 0 Å². The molecular formula is C22H23BrN2O4S2. The Hall–Kier alpha value is -2.23. The summed E-state index contributed by atoms with van der Waals surface area (Å²) in [6, 6.07) is 12.4. The molecule has 0 bridgehead atoms. The maximum atomic E-state index is 13.4. The largest absolute Gasteiger partial charge is 0.444 e. The zero-order valence-electron chi connectivity index (χ0n) is 17.6. The van der Waals surface area contributed by atoms with Gasteiger partial charge < -0.3 is 9.64 Å². The van der Waals surface area contributed by atoms with Crippen molar-refractivity contribution in [3.05, 3.63) is 64.2 Å². The summed E-state index contributed by atoms with van der Waals surface area (Å²) < 4.78 is 33.2. The molecule has 3 rings (SSSR count). The van der Waals surface area contributed by atoms with Crippen molar-refractivity contribution in [3.8, 4) is 11.1 Å². The summed E-state index contributed by atoms with van der Waals surface area (Å²) in [4.78, 5) is 18.6. The van der Waals surface area contributed by atoms with E-state index in [1.807, 2.05) is 30.3 Å². The van der Waals surface area contributed by atoms with E-state index in [4.69, 9.17) is 4.74 Å². The Morgan fingerprint density at radius 3 is 2.48 bits per heavy atom. The molecule has 0 unspecified atom stereocenters. The number of hydrogen-bond acceptors (Lipinski definition) is 6. The summed E-state index contributed by atoms with van der Waals surface area (Å²) in [6.45, 7) is 5.62. The number of halogens is 1. The molecule has 0 spiro atoms. The summed E-state index contributed by atoms with van der Waals surface area (Å²) in [6.07, 6.45) is 2.40. The molecule has 2 heterocycles. The predicted octanol–water partition coefficient (Wildman–Crippen LogP) is 5.77. The van der Waals surface area contributed by atoms with Crippen LogP contribution in [-0.4, -0.2) is 37.0 Å². The second-order valence-electron chi connectivity index (χ2n) is 7.92. The molecule has 3 aromatic rings. The fraction of sp³-hybridized carbons (Fsp3) is 0.273. The first kappa shape index (κ1) is 23.4. The van der Waals surface area contributed by atoms with Crippen molar-refractivity contribution < 1.29 is 17.9 Å². The average Bonchev–Trinajstić information content (AvgIpc) is 3.12. The lowest BCUT2D eigenvalue weighted by Gasteiger charge is -2.24. The molecule has 0 fully saturated rings. The minimum atomic E-state index is -3.80. The fourth-order valence-electron chi connectivity index (χ4n) is 2.82. The summed E-state index contributed by atoms with van der Waals surface area (Å²) >= 11 is 4.66. The van der Waals surface area contributed by atoms with Crippen LogP contribution in [0.15, 0.2) is 68.4 Å². The first-order valence-electron chi connectivity index (χ1n) is 9.46. The summed E-state index contributed by atoms with van der Waals surface area (Å²) in [7, 11) is -2.17. The van der Waals surface area contributed by atoms with Gasteiger partial charge in [-0.3, -0.25) is 4.98 Å². The van der Waals surface area contributed by atoms with Gasteiger partial charge in [0.2, 0.25) is 9.84 Å². The monoisotopic (exact) mass is 522 g/mol. The van der Waals surface area contributed by atoms with Gasteiger partial charge in [0.15, 0.2) is 0 Å². The second-order valence-corrected chi connectivity index (χ2v) is 12.1. The Balaban J connectivity index is 2.05. The van der Waals surface area contributed by atoms with E-state index in [2.05, 4.69) is 20.9 Å². The van der Waals surface area contributed by atoms with Gasteiger partial charge in [-0.1, -0.05) is 34.1 Å². The highest BCUT2D eigenvalue weighted by molar-refractivity contribution is 9.10. The Bertz CT molecular complexity index is 1190. The van der Waals surface area contributed by atoms with Gasteiger partial charge in [-0.2, -0.15) is 0 Å². The van der Waals surface area contributed by atoms with E-state index in [1.54, 1.807) is 33.9 Å². The van der Waals surface area contributed by atoms with Crippen molar-refractivity contribution in [2.45, 2.75) is 42.0 Å². The van der Waals surface area contributed by atoms with Crippen LogP contribution < -0.4 is 0 Å². The van der Waals surface area contributed by atoms with Gasteiger partial charge in [-0.05, 0) is 50.6 Å². The average molecular weight is 523 g/mol. The molecular weight excluding hydrogens is 500 g/mol. The molecule has 0 aliphatic carbocycles. The zero-order valence-corrected chi connectivity index (χ0v) is 20.8. The van der Waals surface area contributed by atoms with Gasteiger partial charge in [-0.15, -0.1) is 11.3 Å². The van der Waals surface area contributed by atoms with Gasteiger partial charge in [0, 0.05) is 34.4 Å². The maximum Gasteiger partial charge on any atom is 0.410 e. The number of nitrogens with zero attached hydrogens (tertiary/aromatic N) is 2. The number of hydrogen-bond donors (Lipinski definition) is 0.